The molecule has 0 saturated carbocycles. The molecule has 0 N–H and O–H groups in total. The average Bonchev–Trinajstić information content (AvgIpc) is 3.53. The Bertz CT molecular complexity index is 2060. The Balaban J connectivity index is 1.56. The number of rotatable bonds is 3. The van der Waals surface area contributed by atoms with Gasteiger partial charge in [-0.2, -0.15) is 0 Å². The molecule has 5 heteroatoms. The molecule has 0 aliphatic heterocycles. The summed E-state index contributed by atoms with van der Waals surface area (Å²) in [5.74, 6) is 0. The van der Waals surface area contributed by atoms with E-state index in [1.165, 1.54) is 42.0 Å². The Kier molecular flexibility index (Phi) is 4.66. The van der Waals surface area contributed by atoms with Gasteiger partial charge in [-0.15, -0.1) is 11.3 Å². The van der Waals surface area contributed by atoms with Gasteiger partial charge >= 0.3 is 0 Å². The molecular weight excluding hydrogens is 484 g/mol. The van der Waals surface area contributed by atoms with Crippen LogP contribution in [0.15, 0.2) is 122 Å². The fourth-order valence-corrected chi connectivity index (χ4v) is 6.64. The van der Waals surface area contributed by atoms with Crippen molar-refractivity contribution in [1.82, 2.24) is 19.5 Å². The van der Waals surface area contributed by atoms with Crippen molar-refractivity contribution in [2.24, 2.45) is 0 Å². The van der Waals surface area contributed by atoms with Crippen molar-refractivity contribution in [2.75, 3.05) is 0 Å². The second-order valence-electron chi connectivity index (χ2n) is 9.32. The maximum absolute atomic E-state index is 5.02. The first-order chi connectivity index (χ1) is 18.8. The largest absolute Gasteiger partial charge is 0.307 e. The van der Waals surface area contributed by atoms with Crippen LogP contribution in [0.3, 0.4) is 0 Å². The van der Waals surface area contributed by atoms with Crippen LogP contribution in [0.4, 0.5) is 0 Å². The van der Waals surface area contributed by atoms with E-state index in [0.29, 0.717) is 0 Å². The van der Waals surface area contributed by atoms with Crippen molar-refractivity contribution in [3.05, 3.63) is 122 Å². The number of hydrogen-bond donors (Lipinski definition) is 0. The van der Waals surface area contributed by atoms with Crippen molar-refractivity contribution >= 4 is 53.3 Å². The Labute approximate surface area is 222 Å². The SMILES string of the molecule is c1ccc(-c2cc(-n3c4c5ccccc5ccc4c4sc5ccccc5c43)cc(-c3ccccn3)n2)nc1. The van der Waals surface area contributed by atoms with Gasteiger partial charge in [0.05, 0.1) is 44.2 Å². The van der Waals surface area contributed by atoms with Gasteiger partial charge in [-0.05, 0) is 47.9 Å². The molecule has 5 aromatic heterocycles. The predicted molar refractivity (Wildman–Crippen MR) is 158 cm³/mol. The van der Waals surface area contributed by atoms with Gasteiger partial charge in [0.15, 0.2) is 0 Å². The van der Waals surface area contributed by atoms with E-state index in [4.69, 9.17) is 4.98 Å². The zero-order valence-electron chi connectivity index (χ0n) is 20.2. The number of hydrogen-bond acceptors (Lipinski definition) is 4. The number of pyridine rings is 3. The molecule has 0 unspecified atom stereocenters. The standard InChI is InChI=1S/C33H20N4S/c1-2-10-23-21(9-1)15-16-25-31(23)37(32-24-11-3-4-14-30(24)38-33(25)32)22-19-28(26-12-5-7-17-34-26)36-29(20-22)27-13-6-8-18-35-27/h1-20H. The summed E-state index contributed by atoms with van der Waals surface area (Å²) in [5.41, 5.74) is 6.78. The van der Waals surface area contributed by atoms with Crippen molar-refractivity contribution in [3.8, 4) is 28.5 Å². The van der Waals surface area contributed by atoms with Gasteiger partial charge < -0.3 is 4.57 Å². The number of fused-ring (bicyclic) bond motifs is 7. The second-order valence-corrected chi connectivity index (χ2v) is 10.4. The Morgan fingerprint density at radius 3 is 1.89 bits per heavy atom. The lowest BCUT2D eigenvalue weighted by Crippen LogP contribution is -2.00. The van der Waals surface area contributed by atoms with Crippen molar-refractivity contribution in [1.29, 1.82) is 0 Å². The highest BCUT2D eigenvalue weighted by molar-refractivity contribution is 7.26. The molecule has 0 radical (unpaired) electrons. The van der Waals surface area contributed by atoms with E-state index in [2.05, 4.69) is 87.3 Å². The van der Waals surface area contributed by atoms with Crippen molar-refractivity contribution < 1.29 is 0 Å². The molecule has 5 heterocycles. The van der Waals surface area contributed by atoms with E-state index in [0.717, 1.165) is 28.5 Å². The smallest absolute Gasteiger partial charge is 0.0915 e. The highest BCUT2D eigenvalue weighted by Crippen LogP contribution is 2.44. The summed E-state index contributed by atoms with van der Waals surface area (Å²) in [4.78, 5) is 14.3. The summed E-state index contributed by atoms with van der Waals surface area (Å²) < 4.78 is 5.00. The van der Waals surface area contributed by atoms with Crippen LogP contribution in [0.5, 0.6) is 0 Å². The monoisotopic (exact) mass is 504 g/mol. The molecule has 0 fully saturated rings. The molecular formula is C33H20N4S. The lowest BCUT2D eigenvalue weighted by molar-refractivity contribution is 1.15. The lowest BCUT2D eigenvalue weighted by atomic mass is 10.1. The summed E-state index contributed by atoms with van der Waals surface area (Å²) in [6.07, 6.45) is 3.63. The molecule has 0 bridgehead atoms. The summed E-state index contributed by atoms with van der Waals surface area (Å²) in [6, 6.07) is 38.0. The number of nitrogens with zero attached hydrogens (tertiary/aromatic N) is 4. The van der Waals surface area contributed by atoms with Gasteiger partial charge in [-0.25, -0.2) is 4.98 Å². The van der Waals surface area contributed by atoms with E-state index >= 15 is 0 Å². The highest BCUT2D eigenvalue weighted by atomic mass is 32.1. The minimum atomic E-state index is 0.818. The van der Waals surface area contributed by atoms with Crippen molar-refractivity contribution in [2.45, 2.75) is 0 Å². The van der Waals surface area contributed by atoms with Crippen LogP contribution in [-0.4, -0.2) is 19.5 Å². The van der Waals surface area contributed by atoms with Gasteiger partial charge in [0, 0.05) is 33.3 Å². The Morgan fingerprint density at radius 1 is 0.526 bits per heavy atom. The maximum atomic E-state index is 5.02. The minimum Gasteiger partial charge on any atom is -0.307 e. The molecule has 4 nitrogen and oxygen atoms in total. The summed E-state index contributed by atoms with van der Waals surface area (Å²) >= 11 is 1.86. The van der Waals surface area contributed by atoms with Gasteiger partial charge in [0.25, 0.3) is 0 Å². The Hall–Kier alpha value is -4.87. The van der Waals surface area contributed by atoms with Crippen LogP contribution in [0, 0.1) is 0 Å². The van der Waals surface area contributed by atoms with E-state index in [1.807, 2.05) is 60.1 Å². The fraction of sp³-hybridized carbons (Fsp3) is 0. The Morgan fingerprint density at radius 2 is 1.18 bits per heavy atom. The zero-order chi connectivity index (χ0) is 25.1. The first-order valence-electron chi connectivity index (χ1n) is 12.5. The maximum Gasteiger partial charge on any atom is 0.0915 e. The number of benzene rings is 3. The molecule has 0 saturated heterocycles. The number of thiophene rings is 1. The molecule has 8 rings (SSSR count). The van der Waals surface area contributed by atoms with Gasteiger partial charge in [0.1, 0.15) is 0 Å². The van der Waals surface area contributed by atoms with Crippen molar-refractivity contribution in [3.63, 3.8) is 0 Å². The van der Waals surface area contributed by atoms with Crippen LogP contribution in [0.25, 0.3) is 70.4 Å². The van der Waals surface area contributed by atoms with Gasteiger partial charge in [0.2, 0.25) is 0 Å². The minimum absolute atomic E-state index is 0.818. The molecule has 38 heavy (non-hydrogen) atoms. The fourth-order valence-electron chi connectivity index (χ4n) is 5.42. The molecule has 8 aromatic rings. The highest BCUT2D eigenvalue weighted by Gasteiger charge is 2.21. The molecule has 0 atom stereocenters. The topological polar surface area (TPSA) is 43.6 Å². The summed E-state index contributed by atoms with van der Waals surface area (Å²) in [6.45, 7) is 0. The van der Waals surface area contributed by atoms with Crippen LogP contribution in [-0.2, 0) is 0 Å². The third kappa shape index (κ3) is 3.19. The van der Waals surface area contributed by atoms with Crippen LogP contribution >= 0.6 is 11.3 Å². The zero-order valence-corrected chi connectivity index (χ0v) is 21.1. The van der Waals surface area contributed by atoms with Crippen LogP contribution in [0.1, 0.15) is 0 Å². The molecule has 0 spiro atoms. The van der Waals surface area contributed by atoms with E-state index < -0.39 is 0 Å². The van der Waals surface area contributed by atoms with Gasteiger partial charge in [-0.1, -0.05) is 66.7 Å². The third-order valence-corrected chi connectivity index (χ3v) is 8.28. The normalized spacial score (nSPS) is 11.7. The number of aromatic nitrogens is 4. The first kappa shape index (κ1) is 21.2. The third-order valence-electron chi connectivity index (χ3n) is 7.08. The van der Waals surface area contributed by atoms with Gasteiger partial charge in [-0.3, -0.25) is 9.97 Å². The molecule has 0 aliphatic carbocycles. The second kappa shape index (κ2) is 8.33. The van der Waals surface area contributed by atoms with E-state index in [1.54, 1.807) is 0 Å². The summed E-state index contributed by atoms with van der Waals surface area (Å²) in [5, 5.41) is 4.96. The lowest BCUT2D eigenvalue weighted by Gasteiger charge is -2.13. The van der Waals surface area contributed by atoms with Crippen LogP contribution < -0.4 is 0 Å². The first-order valence-corrected chi connectivity index (χ1v) is 13.4. The molecule has 178 valence electrons. The molecule has 3 aromatic carbocycles. The molecule has 0 aliphatic rings. The quantitative estimate of drug-likeness (QED) is 0.242. The van der Waals surface area contributed by atoms with Crippen LogP contribution in [0.2, 0.25) is 0 Å². The average molecular weight is 505 g/mol. The molecule has 0 amide bonds. The van der Waals surface area contributed by atoms with E-state index in [-0.39, 0.29) is 0 Å². The summed E-state index contributed by atoms with van der Waals surface area (Å²) in [7, 11) is 0. The predicted octanol–water partition coefficient (Wildman–Crippen LogP) is 8.67. The van der Waals surface area contributed by atoms with E-state index in [9.17, 15) is 0 Å².